The van der Waals surface area contributed by atoms with Crippen molar-refractivity contribution < 1.29 is 14.3 Å². The highest BCUT2D eigenvalue weighted by Crippen LogP contribution is 2.36. The molecule has 2 heterocycles. The van der Waals surface area contributed by atoms with Gasteiger partial charge in [-0.15, -0.1) is 0 Å². The summed E-state index contributed by atoms with van der Waals surface area (Å²) in [7, 11) is 1.45. The Bertz CT molecular complexity index is 519. The largest absolute Gasteiger partial charge is 0.477 e. The molecule has 6 nitrogen and oxygen atoms in total. The highest BCUT2D eigenvalue weighted by molar-refractivity contribution is 5.76. The molecular formula is C16H25N3O3. The third-order valence-corrected chi connectivity index (χ3v) is 4.37. The van der Waals surface area contributed by atoms with Crippen LogP contribution in [0.5, 0.6) is 5.88 Å². The van der Waals surface area contributed by atoms with Gasteiger partial charge in [-0.3, -0.25) is 9.78 Å². The molecule has 2 rings (SSSR count). The third kappa shape index (κ3) is 3.48. The lowest BCUT2D eigenvalue weighted by atomic mass is 9.74. The maximum absolute atomic E-state index is 12.0. The van der Waals surface area contributed by atoms with E-state index in [1.165, 1.54) is 7.11 Å². The van der Waals surface area contributed by atoms with Crippen molar-refractivity contribution in [3.05, 3.63) is 12.4 Å². The average molecular weight is 307 g/mol. The molecule has 1 atom stereocenters. The number of anilines is 1. The van der Waals surface area contributed by atoms with Crippen LogP contribution in [-0.4, -0.2) is 42.7 Å². The Morgan fingerprint density at radius 1 is 1.45 bits per heavy atom. The van der Waals surface area contributed by atoms with Gasteiger partial charge in [0.1, 0.15) is 0 Å². The van der Waals surface area contributed by atoms with Gasteiger partial charge in [0.25, 0.3) is 0 Å². The number of carbonyl (C=O) groups excluding carboxylic acids is 1. The lowest BCUT2D eigenvalue weighted by Gasteiger charge is -2.40. The number of aromatic nitrogens is 2. The lowest BCUT2D eigenvalue weighted by molar-refractivity contribution is -0.154. The van der Waals surface area contributed by atoms with Gasteiger partial charge in [-0.1, -0.05) is 0 Å². The number of ether oxygens (including phenoxy) is 2. The van der Waals surface area contributed by atoms with Crippen molar-refractivity contribution in [3.8, 4) is 5.88 Å². The first-order valence-corrected chi connectivity index (χ1v) is 7.77. The second-order valence-corrected chi connectivity index (χ2v) is 6.15. The van der Waals surface area contributed by atoms with Gasteiger partial charge in [-0.05, 0) is 39.5 Å². The Morgan fingerprint density at radius 3 is 2.91 bits per heavy atom. The van der Waals surface area contributed by atoms with Gasteiger partial charge >= 0.3 is 5.97 Å². The van der Waals surface area contributed by atoms with E-state index in [1.54, 1.807) is 12.4 Å². The lowest BCUT2D eigenvalue weighted by Crippen LogP contribution is -2.45. The zero-order valence-corrected chi connectivity index (χ0v) is 13.8. The summed E-state index contributed by atoms with van der Waals surface area (Å²) in [5, 5.41) is 0. The number of rotatable bonds is 5. The van der Waals surface area contributed by atoms with Gasteiger partial charge in [0.2, 0.25) is 5.88 Å². The summed E-state index contributed by atoms with van der Waals surface area (Å²) in [6.07, 6.45) is 5.39. The van der Waals surface area contributed by atoms with E-state index in [0.717, 1.165) is 31.7 Å². The van der Waals surface area contributed by atoms with Crippen LogP contribution in [0.25, 0.3) is 0 Å². The molecule has 1 aromatic rings. The molecule has 0 spiro atoms. The Kier molecular flexibility index (Phi) is 5.21. The standard InChI is InChI=1S/C16H25N3O3/c1-5-22-14-10-17-9-13(18-14)19-8-6-7-12(11-19)16(2,3)15(20)21-4/h9-10,12H,5-8,11H2,1-4H3. The van der Waals surface area contributed by atoms with Crippen LogP contribution >= 0.6 is 0 Å². The minimum Gasteiger partial charge on any atom is -0.477 e. The molecule has 1 aromatic heterocycles. The Balaban J connectivity index is 2.13. The predicted octanol–water partition coefficient (Wildman–Crippen LogP) is 2.29. The van der Waals surface area contributed by atoms with E-state index in [9.17, 15) is 4.79 Å². The fourth-order valence-electron chi connectivity index (χ4n) is 2.91. The monoisotopic (exact) mass is 307 g/mol. The molecule has 22 heavy (non-hydrogen) atoms. The summed E-state index contributed by atoms with van der Waals surface area (Å²) in [6, 6.07) is 0. The third-order valence-electron chi connectivity index (χ3n) is 4.37. The molecule has 0 saturated carbocycles. The van der Waals surface area contributed by atoms with Crippen LogP contribution in [0.1, 0.15) is 33.6 Å². The van der Waals surface area contributed by atoms with E-state index < -0.39 is 5.41 Å². The minimum atomic E-state index is -0.502. The summed E-state index contributed by atoms with van der Waals surface area (Å²) in [6.45, 7) is 8.08. The van der Waals surface area contributed by atoms with E-state index in [4.69, 9.17) is 9.47 Å². The van der Waals surface area contributed by atoms with Gasteiger partial charge in [0, 0.05) is 13.1 Å². The summed E-state index contributed by atoms with van der Waals surface area (Å²) >= 11 is 0. The number of hydrogen-bond acceptors (Lipinski definition) is 6. The molecule has 0 N–H and O–H groups in total. The van der Waals surface area contributed by atoms with Crippen molar-refractivity contribution in [2.24, 2.45) is 11.3 Å². The van der Waals surface area contributed by atoms with Crippen molar-refractivity contribution in [1.29, 1.82) is 0 Å². The number of methoxy groups -OCH3 is 1. The molecule has 1 fully saturated rings. The van der Waals surface area contributed by atoms with E-state index in [2.05, 4.69) is 14.9 Å². The zero-order valence-electron chi connectivity index (χ0n) is 13.8. The molecule has 1 unspecified atom stereocenters. The number of hydrogen-bond donors (Lipinski definition) is 0. The topological polar surface area (TPSA) is 64.5 Å². The molecule has 1 aliphatic heterocycles. The van der Waals surface area contributed by atoms with E-state index in [-0.39, 0.29) is 11.9 Å². The fourth-order valence-corrected chi connectivity index (χ4v) is 2.91. The van der Waals surface area contributed by atoms with Crippen molar-refractivity contribution in [3.63, 3.8) is 0 Å². The van der Waals surface area contributed by atoms with Gasteiger partial charge in [-0.2, -0.15) is 4.98 Å². The number of piperidine rings is 1. The SMILES string of the molecule is CCOc1cncc(N2CCCC(C(C)(C)C(=O)OC)C2)n1. The Morgan fingerprint density at radius 2 is 2.23 bits per heavy atom. The molecule has 122 valence electrons. The smallest absolute Gasteiger partial charge is 0.311 e. The molecule has 0 amide bonds. The molecule has 0 aromatic carbocycles. The second kappa shape index (κ2) is 6.94. The van der Waals surface area contributed by atoms with E-state index in [0.29, 0.717) is 12.5 Å². The number of carbonyl (C=O) groups is 1. The van der Waals surface area contributed by atoms with Crippen LogP contribution in [-0.2, 0) is 9.53 Å². The van der Waals surface area contributed by atoms with Gasteiger partial charge in [-0.25, -0.2) is 0 Å². The first-order chi connectivity index (χ1) is 10.5. The van der Waals surface area contributed by atoms with Crippen molar-refractivity contribution in [1.82, 2.24) is 9.97 Å². The van der Waals surface area contributed by atoms with Crippen LogP contribution in [0.3, 0.4) is 0 Å². The number of esters is 1. The van der Waals surface area contributed by atoms with Crippen LogP contribution in [0.4, 0.5) is 5.82 Å². The maximum atomic E-state index is 12.0. The quantitative estimate of drug-likeness (QED) is 0.778. The van der Waals surface area contributed by atoms with Gasteiger partial charge < -0.3 is 14.4 Å². The molecule has 1 saturated heterocycles. The minimum absolute atomic E-state index is 0.159. The highest BCUT2D eigenvalue weighted by Gasteiger charge is 2.40. The summed E-state index contributed by atoms with van der Waals surface area (Å²) in [5.41, 5.74) is -0.502. The molecular weight excluding hydrogens is 282 g/mol. The zero-order chi connectivity index (χ0) is 16.2. The first kappa shape index (κ1) is 16.5. The maximum Gasteiger partial charge on any atom is 0.311 e. The first-order valence-electron chi connectivity index (χ1n) is 7.77. The molecule has 0 bridgehead atoms. The van der Waals surface area contributed by atoms with E-state index >= 15 is 0 Å². The highest BCUT2D eigenvalue weighted by atomic mass is 16.5. The van der Waals surface area contributed by atoms with Crippen molar-refractivity contribution >= 4 is 11.8 Å². The predicted molar refractivity (Wildman–Crippen MR) is 83.9 cm³/mol. The fraction of sp³-hybridized carbons (Fsp3) is 0.688. The van der Waals surface area contributed by atoms with Gasteiger partial charge in [0.05, 0.1) is 31.5 Å². The van der Waals surface area contributed by atoms with Crippen LogP contribution < -0.4 is 9.64 Å². The van der Waals surface area contributed by atoms with Crippen LogP contribution in [0, 0.1) is 11.3 Å². The normalized spacial score (nSPS) is 18.9. The van der Waals surface area contributed by atoms with Crippen LogP contribution in [0.2, 0.25) is 0 Å². The van der Waals surface area contributed by atoms with Crippen molar-refractivity contribution in [2.45, 2.75) is 33.6 Å². The molecule has 1 aliphatic rings. The number of nitrogens with zero attached hydrogens (tertiary/aromatic N) is 3. The van der Waals surface area contributed by atoms with Gasteiger partial charge in [0.15, 0.2) is 5.82 Å². The molecule has 6 heteroatoms. The van der Waals surface area contributed by atoms with E-state index in [1.807, 2.05) is 20.8 Å². The molecule has 0 aliphatic carbocycles. The average Bonchev–Trinajstić information content (AvgIpc) is 2.54. The van der Waals surface area contributed by atoms with Crippen LogP contribution in [0.15, 0.2) is 12.4 Å². The summed E-state index contributed by atoms with van der Waals surface area (Å²) in [4.78, 5) is 22.9. The Hall–Kier alpha value is -1.85. The summed E-state index contributed by atoms with van der Waals surface area (Å²) < 4.78 is 10.4. The van der Waals surface area contributed by atoms with Crippen molar-refractivity contribution in [2.75, 3.05) is 31.7 Å². The Labute approximate surface area is 131 Å². The molecule has 0 radical (unpaired) electrons. The summed E-state index contributed by atoms with van der Waals surface area (Å²) in [5.74, 6) is 1.41. The second-order valence-electron chi connectivity index (χ2n) is 6.15.